The molecule has 1 fully saturated rings. The van der Waals surface area contributed by atoms with E-state index in [1.807, 2.05) is 0 Å². The summed E-state index contributed by atoms with van der Waals surface area (Å²) in [7, 11) is 1.27. The van der Waals surface area contributed by atoms with Crippen molar-refractivity contribution in [1.82, 2.24) is 5.32 Å². The molecule has 6 heteroatoms. The van der Waals surface area contributed by atoms with Gasteiger partial charge in [0.2, 0.25) is 5.91 Å². The van der Waals surface area contributed by atoms with Gasteiger partial charge in [0.15, 0.2) is 6.04 Å². The molecule has 86 valence electrons. The monoisotopic (exact) mass is 217 g/mol. The number of rotatable bonds is 5. The van der Waals surface area contributed by atoms with Gasteiger partial charge in [0.05, 0.1) is 26.9 Å². The molecule has 1 saturated heterocycles. The highest BCUT2D eigenvalue weighted by molar-refractivity contribution is 5.83. The van der Waals surface area contributed by atoms with Gasteiger partial charge in [0.1, 0.15) is 6.10 Å². The zero-order valence-corrected chi connectivity index (χ0v) is 8.82. The maximum Gasteiger partial charge on any atom is 0.330 e. The Bertz CT molecular complexity index is 239. The Hall–Kier alpha value is -1.14. The van der Waals surface area contributed by atoms with Crippen LogP contribution in [0.25, 0.3) is 0 Å². The lowest BCUT2D eigenvalue weighted by molar-refractivity contribution is -0.156. The molecule has 1 heterocycles. The van der Waals surface area contributed by atoms with Crippen molar-refractivity contribution >= 4 is 11.9 Å². The molecule has 6 nitrogen and oxygen atoms in total. The van der Waals surface area contributed by atoms with Gasteiger partial charge >= 0.3 is 5.97 Å². The molecule has 0 aromatic rings. The van der Waals surface area contributed by atoms with Crippen molar-refractivity contribution in [2.75, 3.05) is 26.9 Å². The predicted molar refractivity (Wildman–Crippen MR) is 50.2 cm³/mol. The summed E-state index contributed by atoms with van der Waals surface area (Å²) in [6, 6.07) is -0.742. The summed E-state index contributed by atoms with van der Waals surface area (Å²) in [5.41, 5.74) is 0. The summed E-state index contributed by atoms with van der Waals surface area (Å²) in [6.07, 6.45) is 0.0194. The van der Waals surface area contributed by atoms with Gasteiger partial charge in [-0.15, -0.1) is 0 Å². The topological polar surface area (TPSA) is 73.9 Å². The van der Waals surface area contributed by atoms with Crippen molar-refractivity contribution in [3.05, 3.63) is 0 Å². The van der Waals surface area contributed by atoms with Crippen molar-refractivity contribution in [2.45, 2.75) is 19.1 Å². The molecule has 0 aromatic heterocycles. The summed E-state index contributed by atoms with van der Waals surface area (Å²) in [6.45, 7) is 2.52. The van der Waals surface area contributed by atoms with E-state index in [1.54, 1.807) is 0 Å². The molecule has 1 amide bonds. The molecule has 0 aromatic carbocycles. The van der Waals surface area contributed by atoms with Gasteiger partial charge in [-0.05, 0) is 0 Å². The molecule has 1 rings (SSSR count). The van der Waals surface area contributed by atoms with E-state index < -0.39 is 12.0 Å². The Labute approximate surface area is 87.9 Å². The molecule has 0 radical (unpaired) electrons. The number of methoxy groups -OCH3 is 1. The fraction of sp³-hybridized carbons (Fsp3) is 0.778. The van der Waals surface area contributed by atoms with Gasteiger partial charge in [0, 0.05) is 6.92 Å². The molecule has 1 aliphatic heterocycles. The fourth-order valence-corrected chi connectivity index (χ4v) is 1.10. The highest BCUT2D eigenvalue weighted by Gasteiger charge is 2.25. The first-order valence-corrected chi connectivity index (χ1v) is 4.67. The standard InChI is InChI=1S/C9H15NO5/c1-6(11)10-8(9(12)13-2)5-15-7-3-14-4-7/h7-8H,3-5H2,1-2H3,(H,10,11). The third kappa shape index (κ3) is 3.85. The number of hydrogen-bond acceptors (Lipinski definition) is 5. The second-order valence-electron chi connectivity index (χ2n) is 3.27. The molecule has 0 saturated carbocycles. The highest BCUT2D eigenvalue weighted by Crippen LogP contribution is 2.06. The lowest BCUT2D eigenvalue weighted by atomic mass is 10.3. The van der Waals surface area contributed by atoms with Crippen molar-refractivity contribution in [2.24, 2.45) is 0 Å². The van der Waals surface area contributed by atoms with Crippen LogP contribution in [-0.2, 0) is 23.8 Å². The second kappa shape index (κ2) is 5.67. The average Bonchev–Trinajstić information content (AvgIpc) is 2.12. The molecule has 15 heavy (non-hydrogen) atoms. The lowest BCUT2D eigenvalue weighted by Gasteiger charge is -2.27. The Morgan fingerprint density at radius 1 is 1.53 bits per heavy atom. The molecule has 0 spiro atoms. The number of hydrogen-bond donors (Lipinski definition) is 1. The normalized spacial score (nSPS) is 17.7. The van der Waals surface area contributed by atoms with Crippen molar-refractivity contribution in [3.8, 4) is 0 Å². The molecular formula is C9H15NO5. The minimum atomic E-state index is -0.742. The largest absolute Gasteiger partial charge is 0.467 e. The van der Waals surface area contributed by atoms with E-state index >= 15 is 0 Å². The van der Waals surface area contributed by atoms with E-state index in [2.05, 4.69) is 10.1 Å². The van der Waals surface area contributed by atoms with Gasteiger partial charge in [0.25, 0.3) is 0 Å². The van der Waals surface area contributed by atoms with Gasteiger partial charge in [-0.3, -0.25) is 4.79 Å². The van der Waals surface area contributed by atoms with Crippen molar-refractivity contribution in [1.29, 1.82) is 0 Å². The van der Waals surface area contributed by atoms with Crippen LogP contribution in [-0.4, -0.2) is 51.0 Å². The van der Waals surface area contributed by atoms with E-state index in [1.165, 1.54) is 14.0 Å². The average molecular weight is 217 g/mol. The van der Waals surface area contributed by atoms with Crippen LogP contribution in [0.2, 0.25) is 0 Å². The first-order valence-electron chi connectivity index (χ1n) is 4.67. The Morgan fingerprint density at radius 2 is 2.20 bits per heavy atom. The predicted octanol–water partition coefficient (Wildman–Crippen LogP) is -0.920. The Kier molecular flexibility index (Phi) is 4.51. The van der Waals surface area contributed by atoms with Crippen LogP contribution >= 0.6 is 0 Å². The van der Waals surface area contributed by atoms with Gasteiger partial charge < -0.3 is 19.5 Å². The molecule has 1 aliphatic rings. The maximum atomic E-state index is 11.2. The quantitative estimate of drug-likeness (QED) is 0.603. The molecule has 0 bridgehead atoms. The Balaban J connectivity index is 2.33. The molecule has 1 atom stereocenters. The van der Waals surface area contributed by atoms with Crippen LogP contribution in [0.1, 0.15) is 6.92 Å². The smallest absolute Gasteiger partial charge is 0.330 e. The number of carbonyl (C=O) groups excluding carboxylic acids is 2. The van der Waals surface area contributed by atoms with E-state index in [9.17, 15) is 9.59 Å². The minimum absolute atomic E-state index is 0.0194. The maximum absolute atomic E-state index is 11.2. The fourth-order valence-electron chi connectivity index (χ4n) is 1.10. The van der Waals surface area contributed by atoms with Crippen molar-refractivity contribution in [3.63, 3.8) is 0 Å². The summed E-state index contributed by atoms with van der Waals surface area (Å²) < 4.78 is 14.8. The molecular weight excluding hydrogens is 202 g/mol. The lowest BCUT2D eigenvalue weighted by Crippen LogP contribution is -2.46. The van der Waals surface area contributed by atoms with E-state index in [-0.39, 0.29) is 18.6 Å². The van der Waals surface area contributed by atoms with Crippen LogP contribution in [0.5, 0.6) is 0 Å². The third-order valence-electron chi connectivity index (χ3n) is 1.97. The van der Waals surface area contributed by atoms with Crippen molar-refractivity contribution < 1.29 is 23.8 Å². The minimum Gasteiger partial charge on any atom is -0.467 e. The van der Waals surface area contributed by atoms with Crippen LogP contribution < -0.4 is 5.32 Å². The van der Waals surface area contributed by atoms with Crippen LogP contribution in [0.3, 0.4) is 0 Å². The van der Waals surface area contributed by atoms with E-state index in [4.69, 9.17) is 9.47 Å². The van der Waals surface area contributed by atoms with Crippen LogP contribution in [0, 0.1) is 0 Å². The number of carbonyl (C=O) groups is 2. The Morgan fingerprint density at radius 3 is 2.60 bits per heavy atom. The molecule has 1 unspecified atom stereocenters. The zero-order chi connectivity index (χ0) is 11.3. The summed E-state index contributed by atoms with van der Waals surface area (Å²) in [5.74, 6) is -0.802. The van der Waals surface area contributed by atoms with Gasteiger partial charge in [-0.2, -0.15) is 0 Å². The number of esters is 1. The second-order valence-corrected chi connectivity index (χ2v) is 3.27. The molecule has 1 N–H and O–H groups in total. The first-order chi connectivity index (χ1) is 7.13. The summed E-state index contributed by atoms with van der Waals surface area (Å²) in [5, 5.41) is 2.45. The van der Waals surface area contributed by atoms with Crippen LogP contribution in [0.4, 0.5) is 0 Å². The number of nitrogens with one attached hydrogen (secondary N) is 1. The van der Waals surface area contributed by atoms with E-state index in [0.29, 0.717) is 13.2 Å². The third-order valence-corrected chi connectivity index (χ3v) is 1.97. The van der Waals surface area contributed by atoms with Crippen LogP contribution in [0.15, 0.2) is 0 Å². The SMILES string of the molecule is COC(=O)C(COC1COC1)NC(C)=O. The van der Waals surface area contributed by atoms with E-state index in [0.717, 1.165) is 0 Å². The number of ether oxygens (including phenoxy) is 3. The van der Waals surface area contributed by atoms with Gasteiger partial charge in [-0.1, -0.05) is 0 Å². The highest BCUT2D eigenvalue weighted by atomic mass is 16.6. The summed E-state index contributed by atoms with van der Waals surface area (Å²) >= 11 is 0. The number of amides is 1. The zero-order valence-electron chi connectivity index (χ0n) is 8.82. The van der Waals surface area contributed by atoms with Gasteiger partial charge in [-0.25, -0.2) is 4.79 Å². The summed E-state index contributed by atoms with van der Waals surface area (Å²) in [4.78, 5) is 22.0. The molecule has 0 aliphatic carbocycles. The first kappa shape index (κ1) is 11.9.